The smallest absolute Gasteiger partial charge is 0.408 e. The molecule has 3 rings (SSSR count). The van der Waals surface area contributed by atoms with E-state index in [9.17, 15) is 14.3 Å². The molecule has 102 valence electrons. The van der Waals surface area contributed by atoms with Crippen LogP contribution in [0.2, 0.25) is 0 Å². The number of aromatic amines is 1. The van der Waals surface area contributed by atoms with E-state index in [0.29, 0.717) is 16.7 Å². The first-order chi connectivity index (χ1) is 9.54. The number of nitrogens with one attached hydrogen (secondary N) is 1. The largest absolute Gasteiger partial charge is 0.417 e. The van der Waals surface area contributed by atoms with Crippen LogP contribution < -0.4 is 5.76 Å². The van der Waals surface area contributed by atoms with Crippen LogP contribution >= 0.6 is 0 Å². The molecule has 4 nitrogen and oxygen atoms in total. The van der Waals surface area contributed by atoms with Gasteiger partial charge in [0.15, 0.2) is 5.58 Å². The maximum absolute atomic E-state index is 13.8. The van der Waals surface area contributed by atoms with Crippen molar-refractivity contribution >= 4 is 11.1 Å². The molecule has 1 heterocycles. The van der Waals surface area contributed by atoms with Crippen molar-refractivity contribution in [1.29, 1.82) is 0 Å². The van der Waals surface area contributed by atoms with E-state index in [1.54, 1.807) is 24.3 Å². The molecule has 0 saturated heterocycles. The Morgan fingerprint density at radius 1 is 1.25 bits per heavy atom. The Balaban J connectivity index is 2.09. The monoisotopic (exact) mass is 273 g/mol. The molecule has 20 heavy (non-hydrogen) atoms. The van der Waals surface area contributed by atoms with Gasteiger partial charge in [0.05, 0.1) is 5.52 Å². The average Bonchev–Trinajstić information content (AvgIpc) is 2.79. The van der Waals surface area contributed by atoms with Crippen LogP contribution in [0.25, 0.3) is 11.1 Å². The number of aliphatic hydroxyl groups excluding tert-OH is 1. The van der Waals surface area contributed by atoms with Crippen molar-refractivity contribution in [3.8, 4) is 0 Å². The number of halogens is 1. The third kappa shape index (κ3) is 2.12. The van der Waals surface area contributed by atoms with Gasteiger partial charge < -0.3 is 9.52 Å². The molecule has 0 bridgehead atoms. The summed E-state index contributed by atoms with van der Waals surface area (Å²) >= 11 is 0. The van der Waals surface area contributed by atoms with Crippen LogP contribution in [0.5, 0.6) is 0 Å². The minimum absolute atomic E-state index is 0.197. The summed E-state index contributed by atoms with van der Waals surface area (Å²) < 4.78 is 18.7. The lowest BCUT2D eigenvalue weighted by molar-refractivity contribution is 0.215. The predicted molar refractivity (Wildman–Crippen MR) is 72.0 cm³/mol. The van der Waals surface area contributed by atoms with Crippen molar-refractivity contribution in [2.24, 2.45) is 0 Å². The molecule has 1 aromatic heterocycles. The van der Waals surface area contributed by atoms with E-state index in [-0.39, 0.29) is 5.56 Å². The van der Waals surface area contributed by atoms with Gasteiger partial charge in [-0.05, 0) is 30.7 Å². The van der Waals surface area contributed by atoms with Crippen LogP contribution in [0.3, 0.4) is 0 Å². The molecule has 0 aliphatic carbocycles. The number of aliphatic hydroxyl groups is 1. The highest BCUT2D eigenvalue weighted by Crippen LogP contribution is 2.27. The fourth-order valence-electron chi connectivity index (χ4n) is 2.18. The van der Waals surface area contributed by atoms with Crippen LogP contribution in [-0.4, -0.2) is 10.1 Å². The van der Waals surface area contributed by atoms with Crippen molar-refractivity contribution < 1.29 is 13.9 Å². The first-order valence-corrected chi connectivity index (χ1v) is 6.11. The SMILES string of the molecule is Cc1ccc(F)c(C(O)c2ccc3[nH]c(=O)oc3c2)c1. The zero-order valence-electron chi connectivity index (χ0n) is 10.7. The Morgan fingerprint density at radius 2 is 2.05 bits per heavy atom. The van der Waals surface area contributed by atoms with E-state index in [1.807, 2.05) is 6.92 Å². The van der Waals surface area contributed by atoms with Gasteiger partial charge in [0, 0.05) is 5.56 Å². The maximum atomic E-state index is 13.8. The Morgan fingerprint density at radius 3 is 2.85 bits per heavy atom. The summed E-state index contributed by atoms with van der Waals surface area (Å²) in [4.78, 5) is 13.6. The Labute approximate surface area is 113 Å². The molecule has 3 aromatic rings. The molecule has 5 heteroatoms. The number of H-pyrrole nitrogens is 1. The summed E-state index contributed by atoms with van der Waals surface area (Å²) in [6.07, 6.45) is -1.11. The van der Waals surface area contributed by atoms with E-state index in [1.165, 1.54) is 12.1 Å². The third-order valence-electron chi connectivity index (χ3n) is 3.21. The van der Waals surface area contributed by atoms with Gasteiger partial charge in [0.25, 0.3) is 0 Å². The second-order valence-electron chi connectivity index (χ2n) is 4.70. The molecule has 0 aliphatic heterocycles. The van der Waals surface area contributed by atoms with Gasteiger partial charge in [-0.1, -0.05) is 23.8 Å². The van der Waals surface area contributed by atoms with Gasteiger partial charge in [-0.2, -0.15) is 0 Å². The first-order valence-electron chi connectivity index (χ1n) is 6.11. The number of benzene rings is 2. The molecular weight excluding hydrogens is 261 g/mol. The molecule has 0 fully saturated rings. The van der Waals surface area contributed by atoms with Gasteiger partial charge in [-0.15, -0.1) is 0 Å². The second-order valence-corrected chi connectivity index (χ2v) is 4.70. The zero-order valence-corrected chi connectivity index (χ0v) is 10.7. The molecule has 0 radical (unpaired) electrons. The summed E-state index contributed by atoms with van der Waals surface area (Å²) in [6, 6.07) is 9.33. The van der Waals surface area contributed by atoms with Crippen molar-refractivity contribution in [3.05, 3.63) is 69.5 Å². The Hall–Kier alpha value is -2.40. The van der Waals surface area contributed by atoms with Gasteiger partial charge in [0.1, 0.15) is 11.9 Å². The Kier molecular flexibility index (Phi) is 2.91. The fraction of sp³-hybridized carbons (Fsp3) is 0.133. The summed E-state index contributed by atoms with van der Waals surface area (Å²) in [6.45, 7) is 1.82. The van der Waals surface area contributed by atoms with E-state index in [0.717, 1.165) is 5.56 Å². The number of rotatable bonds is 2. The van der Waals surface area contributed by atoms with Gasteiger partial charge >= 0.3 is 5.76 Å². The van der Waals surface area contributed by atoms with E-state index in [4.69, 9.17) is 4.42 Å². The van der Waals surface area contributed by atoms with Crippen molar-refractivity contribution in [3.63, 3.8) is 0 Å². The highest BCUT2D eigenvalue weighted by molar-refractivity contribution is 5.73. The van der Waals surface area contributed by atoms with Gasteiger partial charge in [-0.3, -0.25) is 4.98 Å². The maximum Gasteiger partial charge on any atom is 0.417 e. The number of fused-ring (bicyclic) bond motifs is 1. The van der Waals surface area contributed by atoms with Crippen molar-refractivity contribution in [2.75, 3.05) is 0 Å². The van der Waals surface area contributed by atoms with Crippen molar-refractivity contribution in [1.82, 2.24) is 4.98 Å². The minimum Gasteiger partial charge on any atom is -0.408 e. The van der Waals surface area contributed by atoms with Crippen LogP contribution in [0.4, 0.5) is 4.39 Å². The Bertz CT molecular complexity index is 834. The normalized spacial score (nSPS) is 12.8. The predicted octanol–water partition coefficient (Wildman–Crippen LogP) is 2.65. The number of aryl methyl sites for hydroxylation is 1. The number of aromatic nitrogens is 1. The highest BCUT2D eigenvalue weighted by Gasteiger charge is 2.16. The lowest BCUT2D eigenvalue weighted by atomic mass is 9.99. The zero-order chi connectivity index (χ0) is 14.3. The third-order valence-corrected chi connectivity index (χ3v) is 3.21. The summed E-state index contributed by atoms with van der Waals surface area (Å²) in [5.74, 6) is -1.04. The van der Waals surface area contributed by atoms with Crippen LogP contribution in [0, 0.1) is 12.7 Å². The lowest BCUT2D eigenvalue weighted by Gasteiger charge is -2.13. The molecule has 0 aliphatic rings. The molecule has 0 saturated carbocycles. The molecule has 0 amide bonds. The number of hydrogen-bond acceptors (Lipinski definition) is 3. The topological polar surface area (TPSA) is 66.2 Å². The lowest BCUT2D eigenvalue weighted by Crippen LogP contribution is -2.03. The van der Waals surface area contributed by atoms with Crippen molar-refractivity contribution in [2.45, 2.75) is 13.0 Å². The summed E-state index contributed by atoms with van der Waals surface area (Å²) in [5, 5.41) is 10.3. The number of hydrogen-bond donors (Lipinski definition) is 2. The van der Waals surface area contributed by atoms with Crippen LogP contribution in [0.15, 0.2) is 45.6 Å². The fourth-order valence-corrected chi connectivity index (χ4v) is 2.18. The number of oxazole rings is 1. The van der Waals surface area contributed by atoms with Gasteiger partial charge in [-0.25, -0.2) is 9.18 Å². The van der Waals surface area contributed by atoms with Crippen LogP contribution in [-0.2, 0) is 0 Å². The highest BCUT2D eigenvalue weighted by atomic mass is 19.1. The average molecular weight is 273 g/mol. The van der Waals surface area contributed by atoms with E-state index >= 15 is 0 Å². The van der Waals surface area contributed by atoms with E-state index in [2.05, 4.69) is 4.98 Å². The molecule has 1 atom stereocenters. The summed E-state index contributed by atoms with van der Waals surface area (Å²) in [5.41, 5.74) is 2.39. The standard InChI is InChI=1S/C15H12FNO3/c1-8-2-4-11(16)10(6-8)14(18)9-3-5-12-13(7-9)20-15(19)17-12/h2-7,14,18H,1H3,(H,17,19). The molecule has 0 spiro atoms. The summed E-state index contributed by atoms with van der Waals surface area (Å²) in [7, 11) is 0. The quantitative estimate of drug-likeness (QED) is 0.754. The molecule has 2 aromatic carbocycles. The minimum atomic E-state index is -1.11. The first kappa shape index (κ1) is 12.6. The molecular formula is C15H12FNO3. The second kappa shape index (κ2) is 4.61. The van der Waals surface area contributed by atoms with E-state index < -0.39 is 17.7 Å². The van der Waals surface area contributed by atoms with Gasteiger partial charge in [0.2, 0.25) is 0 Å². The molecule has 2 N–H and O–H groups in total. The molecule has 1 unspecified atom stereocenters. The van der Waals surface area contributed by atoms with Crippen LogP contribution in [0.1, 0.15) is 22.8 Å².